The molecule has 0 aliphatic carbocycles. The van der Waals surface area contributed by atoms with Crippen LogP contribution in [-0.2, 0) is 13.6 Å². The highest BCUT2D eigenvalue weighted by Gasteiger charge is 2.10. The van der Waals surface area contributed by atoms with Gasteiger partial charge in [0.15, 0.2) is 0 Å². The average molecular weight is 289 g/mol. The Morgan fingerprint density at radius 1 is 1.24 bits per heavy atom. The van der Waals surface area contributed by atoms with Crippen molar-refractivity contribution in [2.75, 3.05) is 11.9 Å². The van der Waals surface area contributed by atoms with Crippen LogP contribution in [0.5, 0.6) is 5.88 Å². The third-order valence-electron chi connectivity index (χ3n) is 3.37. The maximum Gasteiger partial charge on any atom is 0.226 e. The normalized spacial score (nSPS) is 10.7. The second kappa shape index (κ2) is 6.56. The topological polar surface area (TPSA) is 64.9 Å². The molecule has 0 aromatic carbocycles. The van der Waals surface area contributed by atoms with Gasteiger partial charge in [0.05, 0.1) is 12.3 Å². The van der Waals surface area contributed by atoms with Crippen LogP contribution in [0.25, 0.3) is 0 Å². The van der Waals surface area contributed by atoms with Crippen molar-refractivity contribution in [3.8, 4) is 5.88 Å². The number of aromatic nitrogens is 4. The summed E-state index contributed by atoms with van der Waals surface area (Å²) in [6.07, 6.45) is 0.958. The molecular weight excluding hydrogens is 266 g/mol. The minimum absolute atomic E-state index is 0.587. The van der Waals surface area contributed by atoms with Gasteiger partial charge in [0.1, 0.15) is 0 Å². The summed E-state index contributed by atoms with van der Waals surface area (Å²) in [7, 11) is 1.95. The van der Waals surface area contributed by atoms with Crippen molar-refractivity contribution in [2.24, 2.45) is 7.05 Å². The Kier molecular flexibility index (Phi) is 4.77. The van der Waals surface area contributed by atoms with Gasteiger partial charge in [0.2, 0.25) is 11.8 Å². The first-order valence-electron chi connectivity index (χ1n) is 7.22. The summed E-state index contributed by atoms with van der Waals surface area (Å²) >= 11 is 0. The zero-order chi connectivity index (χ0) is 15.4. The number of anilines is 1. The van der Waals surface area contributed by atoms with Gasteiger partial charge in [0, 0.05) is 36.6 Å². The Morgan fingerprint density at radius 3 is 2.62 bits per heavy atom. The van der Waals surface area contributed by atoms with E-state index < -0.39 is 0 Å². The largest absolute Gasteiger partial charge is 0.478 e. The number of nitrogens with zero attached hydrogens (tertiary/aromatic N) is 4. The van der Waals surface area contributed by atoms with Crippen molar-refractivity contribution in [3.63, 3.8) is 0 Å². The second-order valence-electron chi connectivity index (χ2n) is 5.15. The highest BCUT2D eigenvalue weighted by molar-refractivity contribution is 5.34. The lowest BCUT2D eigenvalue weighted by Crippen LogP contribution is -2.08. The number of hydrogen-bond acceptors (Lipinski definition) is 5. The van der Waals surface area contributed by atoms with Gasteiger partial charge in [0.25, 0.3) is 0 Å². The van der Waals surface area contributed by atoms with Crippen LogP contribution >= 0.6 is 0 Å². The predicted molar refractivity (Wildman–Crippen MR) is 82.6 cm³/mol. The zero-order valence-corrected chi connectivity index (χ0v) is 13.4. The Morgan fingerprint density at radius 2 is 2.00 bits per heavy atom. The van der Waals surface area contributed by atoms with Gasteiger partial charge in [-0.3, -0.25) is 4.68 Å². The zero-order valence-electron chi connectivity index (χ0n) is 13.4. The lowest BCUT2D eigenvalue weighted by Gasteiger charge is -2.09. The van der Waals surface area contributed by atoms with Crippen LogP contribution < -0.4 is 10.1 Å². The standard InChI is InChI=1S/C15H23N5O/c1-6-7-21-14-8-10(2)17-15(18-14)16-9-13-11(3)19-20(5)12(13)4/h8H,6-7,9H2,1-5H3,(H,16,17,18). The van der Waals surface area contributed by atoms with Crippen LogP contribution in [0.2, 0.25) is 0 Å². The van der Waals surface area contributed by atoms with Crippen molar-refractivity contribution in [2.45, 2.75) is 40.7 Å². The first-order chi connectivity index (χ1) is 10.0. The number of hydrogen-bond donors (Lipinski definition) is 1. The van der Waals surface area contributed by atoms with Gasteiger partial charge in [-0.2, -0.15) is 10.1 Å². The molecule has 0 bridgehead atoms. The fourth-order valence-corrected chi connectivity index (χ4v) is 2.14. The van der Waals surface area contributed by atoms with E-state index in [0.717, 1.165) is 23.5 Å². The summed E-state index contributed by atoms with van der Waals surface area (Å²) in [6.45, 7) is 9.40. The van der Waals surface area contributed by atoms with E-state index in [1.807, 2.05) is 31.6 Å². The molecule has 21 heavy (non-hydrogen) atoms. The number of aryl methyl sites for hydroxylation is 3. The van der Waals surface area contributed by atoms with Crippen LogP contribution in [0.15, 0.2) is 6.07 Å². The van der Waals surface area contributed by atoms with Gasteiger partial charge in [-0.1, -0.05) is 6.92 Å². The van der Waals surface area contributed by atoms with Gasteiger partial charge in [-0.05, 0) is 27.2 Å². The average Bonchev–Trinajstić information content (AvgIpc) is 2.67. The number of ether oxygens (including phenoxy) is 1. The lowest BCUT2D eigenvalue weighted by atomic mass is 10.2. The molecule has 2 heterocycles. The number of rotatable bonds is 6. The van der Waals surface area contributed by atoms with Gasteiger partial charge in [-0.25, -0.2) is 4.98 Å². The summed E-state index contributed by atoms with van der Waals surface area (Å²) in [4.78, 5) is 8.77. The smallest absolute Gasteiger partial charge is 0.226 e. The molecule has 0 saturated carbocycles. The van der Waals surface area contributed by atoms with E-state index in [0.29, 0.717) is 25.0 Å². The second-order valence-corrected chi connectivity index (χ2v) is 5.15. The molecule has 0 saturated heterocycles. The minimum atomic E-state index is 0.587. The summed E-state index contributed by atoms with van der Waals surface area (Å²) in [5, 5.41) is 7.67. The van der Waals surface area contributed by atoms with Gasteiger partial charge >= 0.3 is 0 Å². The molecule has 1 N–H and O–H groups in total. The Bertz CT molecular complexity index is 621. The van der Waals surface area contributed by atoms with Crippen molar-refractivity contribution < 1.29 is 4.74 Å². The molecule has 0 spiro atoms. The van der Waals surface area contributed by atoms with Gasteiger partial charge < -0.3 is 10.1 Å². The van der Waals surface area contributed by atoms with Crippen LogP contribution in [0, 0.1) is 20.8 Å². The molecule has 0 radical (unpaired) electrons. The molecule has 0 atom stereocenters. The van der Waals surface area contributed by atoms with Crippen LogP contribution in [0.1, 0.15) is 36.0 Å². The quantitative estimate of drug-likeness (QED) is 0.885. The summed E-state index contributed by atoms with van der Waals surface area (Å²) in [5.41, 5.74) is 4.24. The van der Waals surface area contributed by atoms with E-state index in [1.54, 1.807) is 0 Å². The fourth-order valence-electron chi connectivity index (χ4n) is 2.14. The maximum atomic E-state index is 5.57. The van der Waals surface area contributed by atoms with Crippen LogP contribution in [-0.4, -0.2) is 26.4 Å². The Balaban J connectivity index is 2.10. The van der Waals surface area contributed by atoms with Crippen molar-refractivity contribution in [1.29, 1.82) is 0 Å². The van der Waals surface area contributed by atoms with E-state index in [9.17, 15) is 0 Å². The molecular formula is C15H23N5O. The van der Waals surface area contributed by atoms with Crippen LogP contribution in [0.4, 0.5) is 5.95 Å². The fraction of sp³-hybridized carbons (Fsp3) is 0.533. The summed E-state index contributed by atoms with van der Waals surface area (Å²) in [6, 6.07) is 1.85. The molecule has 0 aliphatic rings. The van der Waals surface area contributed by atoms with Crippen molar-refractivity contribution in [3.05, 3.63) is 28.7 Å². The summed E-state index contributed by atoms with van der Waals surface area (Å²) in [5.74, 6) is 1.20. The molecule has 6 nitrogen and oxygen atoms in total. The van der Waals surface area contributed by atoms with Gasteiger partial charge in [-0.15, -0.1) is 0 Å². The van der Waals surface area contributed by atoms with E-state index >= 15 is 0 Å². The van der Waals surface area contributed by atoms with Crippen LogP contribution in [0.3, 0.4) is 0 Å². The monoisotopic (exact) mass is 289 g/mol. The third-order valence-corrected chi connectivity index (χ3v) is 3.37. The molecule has 114 valence electrons. The molecule has 2 aromatic rings. The lowest BCUT2D eigenvalue weighted by molar-refractivity contribution is 0.305. The van der Waals surface area contributed by atoms with Crippen molar-refractivity contribution in [1.82, 2.24) is 19.7 Å². The molecule has 0 fully saturated rings. The maximum absolute atomic E-state index is 5.57. The van der Waals surface area contributed by atoms with E-state index in [1.165, 1.54) is 5.56 Å². The predicted octanol–water partition coefficient (Wildman–Crippen LogP) is 2.54. The first-order valence-corrected chi connectivity index (χ1v) is 7.22. The highest BCUT2D eigenvalue weighted by atomic mass is 16.5. The molecule has 6 heteroatoms. The Hall–Kier alpha value is -2.11. The van der Waals surface area contributed by atoms with Crippen molar-refractivity contribution >= 4 is 5.95 Å². The molecule has 2 aromatic heterocycles. The first kappa shape index (κ1) is 15.3. The van der Waals surface area contributed by atoms with E-state index in [4.69, 9.17) is 4.74 Å². The molecule has 0 unspecified atom stereocenters. The third kappa shape index (κ3) is 3.71. The summed E-state index contributed by atoms with van der Waals surface area (Å²) < 4.78 is 7.46. The number of nitrogens with one attached hydrogen (secondary N) is 1. The Labute approximate surface area is 125 Å². The molecule has 2 rings (SSSR count). The highest BCUT2D eigenvalue weighted by Crippen LogP contribution is 2.16. The van der Waals surface area contributed by atoms with E-state index in [2.05, 4.69) is 34.2 Å². The molecule has 0 amide bonds. The molecule has 0 aliphatic heterocycles. The minimum Gasteiger partial charge on any atom is -0.478 e. The SMILES string of the molecule is CCCOc1cc(C)nc(NCc2c(C)nn(C)c2C)n1. The van der Waals surface area contributed by atoms with E-state index in [-0.39, 0.29) is 0 Å².